The Bertz CT molecular complexity index is 705. The van der Waals surface area contributed by atoms with E-state index in [1.807, 2.05) is 11.8 Å². The molecule has 2 aliphatic rings. The van der Waals surface area contributed by atoms with E-state index in [2.05, 4.69) is 54.1 Å². The van der Waals surface area contributed by atoms with Gasteiger partial charge in [-0.05, 0) is 60.9 Å². The number of fused-ring (bicyclic) bond motifs is 2. The second-order valence-corrected chi connectivity index (χ2v) is 8.35. The van der Waals surface area contributed by atoms with E-state index < -0.39 is 0 Å². The van der Waals surface area contributed by atoms with Crippen molar-refractivity contribution in [1.29, 1.82) is 0 Å². The molecule has 0 saturated carbocycles. The van der Waals surface area contributed by atoms with Crippen molar-refractivity contribution < 1.29 is 0 Å². The van der Waals surface area contributed by atoms with E-state index in [9.17, 15) is 0 Å². The summed E-state index contributed by atoms with van der Waals surface area (Å²) in [5, 5.41) is 1.57. The van der Waals surface area contributed by atoms with Crippen LogP contribution in [0.2, 0.25) is 0 Å². The van der Waals surface area contributed by atoms with E-state index in [0.717, 1.165) is 11.8 Å². The van der Waals surface area contributed by atoms with E-state index in [4.69, 9.17) is 0 Å². The molecule has 1 aromatic heterocycles. The minimum Gasteiger partial charge on any atom is -0.350 e. The van der Waals surface area contributed by atoms with Crippen molar-refractivity contribution in [1.82, 2.24) is 9.47 Å². The van der Waals surface area contributed by atoms with Crippen molar-refractivity contribution >= 4 is 22.7 Å². The molecule has 1 saturated heterocycles. The Kier molecular flexibility index (Phi) is 4.19. The first-order valence-corrected chi connectivity index (χ1v) is 10.4. The standard InChI is InChI=1S/C20H28N2S/c1-4-8-22-11-14(13-23-3)9-17-16-6-5-7-18-20(16)15(10-19(17)22)12-21(18)2/h5-7,12,14,17,19H,4,8-11,13H2,1-3H3. The van der Waals surface area contributed by atoms with Gasteiger partial charge in [-0.2, -0.15) is 11.8 Å². The Morgan fingerprint density at radius 2 is 2.17 bits per heavy atom. The van der Waals surface area contributed by atoms with Crippen molar-refractivity contribution in [2.24, 2.45) is 13.0 Å². The van der Waals surface area contributed by atoms with Crippen molar-refractivity contribution in [3.8, 4) is 0 Å². The molecular weight excluding hydrogens is 300 g/mol. The van der Waals surface area contributed by atoms with E-state index in [1.165, 1.54) is 43.6 Å². The van der Waals surface area contributed by atoms with Gasteiger partial charge in [-0.1, -0.05) is 19.1 Å². The van der Waals surface area contributed by atoms with Crippen molar-refractivity contribution in [3.05, 3.63) is 35.5 Å². The Hall–Kier alpha value is -0.930. The zero-order valence-electron chi connectivity index (χ0n) is 14.6. The fraction of sp³-hybridized carbons (Fsp3) is 0.600. The van der Waals surface area contributed by atoms with Gasteiger partial charge >= 0.3 is 0 Å². The lowest BCUT2D eigenvalue weighted by Crippen LogP contribution is -2.50. The topological polar surface area (TPSA) is 8.17 Å². The number of aryl methyl sites for hydroxylation is 1. The number of thioether (sulfide) groups is 1. The zero-order chi connectivity index (χ0) is 16.0. The summed E-state index contributed by atoms with van der Waals surface area (Å²) < 4.78 is 2.33. The van der Waals surface area contributed by atoms with Gasteiger partial charge < -0.3 is 4.57 Å². The Morgan fingerprint density at radius 1 is 1.30 bits per heavy atom. The molecule has 3 atom stereocenters. The first kappa shape index (κ1) is 15.6. The van der Waals surface area contributed by atoms with Gasteiger partial charge in [-0.3, -0.25) is 4.90 Å². The molecule has 23 heavy (non-hydrogen) atoms. The maximum absolute atomic E-state index is 2.81. The largest absolute Gasteiger partial charge is 0.350 e. The SMILES string of the molecule is CCCN1CC(CSC)CC2c3cccc4c3c(cn4C)CC21. The number of hydrogen-bond donors (Lipinski definition) is 0. The van der Waals surface area contributed by atoms with Crippen molar-refractivity contribution in [2.45, 2.75) is 38.1 Å². The quantitative estimate of drug-likeness (QED) is 0.827. The molecule has 2 heterocycles. The lowest BCUT2D eigenvalue weighted by atomic mass is 9.72. The number of rotatable bonds is 4. The summed E-state index contributed by atoms with van der Waals surface area (Å²) in [6, 6.07) is 7.68. The molecule has 1 aliphatic heterocycles. The monoisotopic (exact) mass is 328 g/mol. The summed E-state index contributed by atoms with van der Waals surface area (Å²) in [6.07, 6.45) is 8.51. The van der Waals surface area contributed by atoms with Gasteiger partial charge in [0.05, 0.1) is 0 Å². The second-order valence-electron chi connectivity index (χ2n) is 7.44. The van der Waals surface area contributed by atoms with Gasteiger partial charge in [0.15, 0.2) is 0 Å². The molecule has 1 aliphatic carbocycles. The highest BCUT2D eigenvalue weighted by molar-refractivity contribution is 7.98. The third-order valence-corrected chi connectivity index (χ3v) is 6.69. The molecule has 0 bridgehead atoms. The molecule has 2 nitrogen and oxygen atoms in total. The van der Waals surface area contributed by atoms with Crippen LogP contribution in [-0.4, -0.2) is 40.6 Å². The molecule has 0 N–H and O–H groups in total. The van der Waals surface area contributed by atoms with E-state index in [1.54, 1.807) is 16.5 Å². The predicted octanol–water partition coefficient (Wildman–Crippen LogP) is 4.28. The van der Waals surface area contributed by atoms with Crippen LogP contribution in [-0.2, 0) is 13.5 Å². The molecule has 1 fully saturated rings. The summed E-state index contributed by atoms with van der Waals surface area (Å²) in [7, 11) is 2.20. The molecule has 3 unspecified atom stereocenters. The predicted molar refractivity (Wildman–Crippen MR) is 102 cm³/mol. The van der Waals surface area contributed by atoms with Gasteiger partial charge in [-0.15, -0.1) is 0 Å². The minimum atomic E-state index is 0.716. The molecule has 0 amide bonds. The van der Waals surface area contributed by atoms with Crippen molar-refractivity contribution in [3.63, 3.8) is 0 Å². The van der Waals surface area contributed by atoms with Crippen LogP contribution in [0.1, 0.15) is 36.8 Å². The van der Waals surface area contributed by atoms with Crippen LogP contribution in [0.5, 0.6) is 0 Å². The molecule has 2 aromatic rings. The Morgan fingerprint density at radius 3 is 2.96 bits per heavy atom. The van der Waals surface area contributed by atoms with E-state index in [0.29, 0.717) is 6.04 Å². The highest BCUT2D eigenvalue weighted by Gasteiger charge is 2.40. The first-order chi connectivity index (χ1) is 11.2. The second kappa shape index (κ2) is 6.18. The Labute approximate surface area is 144 Å². The summed E-state index contributed by atoms with van der Waals surface area (Å²) in [5.74, 6) is 2.88. The maximum Gasteiger partial charge on any atom is 0.0483 e. The lowest BCUT2D eigenvalue weighted by Gasteiger charge is -2.47. The number of nitrogens with zero attached hydrogens (tertiary/aromatic N) is 2. The Balaban J connectivity index is 1.78. The lowest BCUT2D eigenvalue weighted by molar-refractivity contribution is 0.0926. The molecule has 1 aromatic carbocycles. The van der Waals surface area contributed by atoms with Crippen LogP contribution in [0.15, 0.2) is 24.4 Å². The van der Waals surface area contributed by atoms with Gasteiger partial charge in [0, 0.05) is 42.7 Å². The third kappa shape index (κ3) is 2.53. The highest BCUT2D eigenvalue weighted by atomic mass is 32.2. The van der Waals surface area contributed by atoms with Crippen molar-refractivity contribution in [2.75, 3.05) is 25.1 Å². The molecule has 4 rings (SSSR count). The van der Waals surface area contributed by atoms with E-state index in [-0.39, 0.29) is 0 Å². The molecule has 3 heteroatoms. The van der Waals surface area contributed by atoms with Crippen LogP contribution >= 0.6 is 11.8 Å². The number of hydrogen-bond acceptors (Lipinski definition) is 2. The molecule has 0 spiro atoms. The normalized spacial score (nSPS) is 27.3. The number of piperidine rings is 1. The third-order valence-electron chi connectivity index (χ3n) is 5.88. The number of aromatic nitrogens is 1. The fourth-order valence-corrected chi connectivity index (χ4v) is 5.79. The molecule has 124 valence electrons. The number of likely N-dealkylation sites (tertiary alicyclic amines) is 1. The molecule has 0 radical (unpaired) electrons. The van der Waals surface area contributed by atoms with Crippen LogP contribution in [0.3, 0.4) is 0 Å². The summed E-state index contributed by atoms with van der Waals surface area (Å²) in [5.41, 5.74) is 4.62. The van der Waals surface area contributed by atoms with Crippen LogP contribution < -0.4 is 0 Å². The van der Waals surface area contributed by atoms with Crippen LogP contribution in [0.4, 0.5) is 0 Å². The number of benzene rings is 1. The van der Waals surface area contributed by atoms with Crippen LogP contribution in [0.25, 0.3) is 10.9 Å². The van der Waals surface area contributed by atoms with Gasteiger partial charge in [0.2, 0.25) is 0 Å². The highest BCUT2D eigenvalue weighted by Crippen LogP contribution is 2.45. The zero-order valence-corrected chi connectivity index (χ0v) is 15.4. The average Bonchev–Trinajstić information content (AvgIpc) is 2.87. The van der Waals surface area contributed by atoms with Gasteiger partial charge in [-0.25, -0.2) is 0 Å². The van der Waals surface area contributed by atoms with Gasteiger partial charge in [0.25, 0.3) is 0 Å². The maximum atomic E-state index is 2.81. The summed E-state index contributed by atoms with van der Waals surface area (Å²) in [4.78, 5) is 2.81. The summed E-state index contributed by atoms with van der Waals surface area (Å²) >= 11 is 2.02. The first-order valence-electron chi connectivity index (χ1n) is 9.02. The smallest absolute Gasteiger partial charge is 0.0483 e. The summed E-state index contributed by atoms with van der Waals surface area (Å²) in [6.45, 7) is 4.88. The fourth-order valence-electron chi connectivity index (χ4n) is 5.08. The molecular formula is C20H28N2S. The minimum absolute atomic E-state index is 0.716. The van der Waals surface area contributed by atoms with Gasteiger partial charge in [0.1, 0.15) is 0 Å². The van der Waals surface area contributed by atoms with E-state index >= 15 is 0 Å². The average molecular weight is 329 g/mol. The van der Waals surface area contributed by atoms with Crippen LogP contribution in [0, 0.1) is 5.92 Å².